The highest BCUT2D eigenvalue weighted by Crippen LogP contribution is 2.29. The molecule has 1 aliphatic heterocycles. The molecule has 0 spiro atoms. The fourth-order valence-electron chi connectivity index (χ4n) is 3.47. The summed E-state index contributed by atoms with van der Waals surface area (Å²) in [6.45, 7) is 1.44. The number of amides is 1. The van der Waals surface area contributed by atoms with Crippen molar-refractivity contribution >= 4 is 5.91 Å². The minimum atomic E-state index is -0.379. The van der Waals surface area contributed by atoms with Gasteiger partial charge in [-0.05, 0) is 24.8 Å². The van der Waals surface area contributed by atoms with Gasteiger partial charge < -0.3 is 15.4 Å². The Morgan fingerprint density at radius 2 is 2.18 bits per heavy atom. The molecule has 22 heavy (non-hydrogen) atoms. The van der Waals surface area contributed by atoms with Crippen molar-refractivity contribution in [3.8, 4) is 0 Å². The maximum Gasteiger partial charge on any atom is 0.223 e. The number of rotatable bonds is 3. The van der Waals surface area contributed by atoms with E-state index in [2.05, 4.69) is 0 Å². The van der Waals surface area contributed by atoms with E-state index in [9.17, 15) is 9.18 Å². The number of ether oxygens (including phenoxy) is 1. The molecular weight excluding hydrogens is 283 g/mol. The molecule has 1 saturated heterocycles. The predicted molar refractivity (Wildman–Crippen MR) is 81.6 cm³/mol. The highest BCUT2D eigenvalue weighted by molar-refractivity contribution is 5.76. The number of halogens is 1. The third-order valence-electron chi connectivity index (χ3n) is 4.83. The average molecular weight is 306 g/mol. The summed E-state index contributed by atoms with van der Waals surface area (Å²) in [4.78, 5) is 14.3. The SMILES string of the molecule is N[C@@H]1CCC[C@H]1CC(=O)N1CCOC(c2ccccc2F)C1. The fraction of sp³-hybridized carbons (Fsp3) is 0.588. The van der Waals surface area contributed by atoms with E-state index in [0.717, 1.165) is 19.3 Å². The predicted octanol–water partition coefficient (Wildman–Crippen LogP) is 2.24. The van der Waals surface area contributed by atoms with Crippen LogP contribution in [0.15, 0.2) is 24.3 Å². The monoisotopic (exact) mass is 306 g/mol. The molecule has 2 fully saturated rings. The van der Waals surface area contributed by atoms with E-state index in [1.165, 1.54) is 6.07 Å². The van der Waals surface area contributed by atoms with Gasteiger partial charge in [-0.3, -0.25) is 4.79 Å². The lowest BCUT2D eigenvalue weighted by molar-refractivity contribution is -0.140. The van der Waals surface area contributed by atoms with Crippen molar-refractivity contribution in [3.63, 3.8) is 0 Å². The van der Waals surface area contributed by atoms with Crippen molar-refractivity contribution in [2.75, 3.05) is 19.7 Å². The zero-order valence-corrected chi connectivity index (χ0v) is 12.7. The zero-order chi connectivity index (χ0) is 15.5. The molecule has 1 aromatic rings. The first-order valence-electron chi connectivity index (χ1n) is 8.04. The molecule has 3 rings (SSSR count). The van der Waals surface area contributed by atoms with Gasteiger partial charge in [-0.1, -0.05) is 24.6 Å². The maximum atomic E-state index is 13.9. The standard InChI is InChI=1S/C17H23FN2O2/c18-14-6-2-1-5-13(14)16-11-20(8-9-22-16)17(21)10-12-4-3-7-15(12)19/h1-2,5-6,12,15-16H,3-4,7-11,19H2/t12-,15+,16?/m0/s1. The fourth-order valence-corrected chi connectivity index (χ4v) is 3.47. The second-order valence-corrected chi connectivity index (χ2v) is 6.28. The molecule has 2 N–H and O–H groups in total. The zero-order valence-electron chi connectivity index (χ0n) is 12.7. The molecule has 1 heterocycles. The quantitative estimate of drug-likeness (QED) is 0.932. The summed E-state index contributed by atoms with van der Waals surface area (Å²) in [6, 6.07) is 6.75. The largest absolute Gasteiger partial charge is 0.370 e. The maximum absolute atomic E-state index is 13.9. The van der Waals surface area contributed by atoms with Gasteiger partial charge in [-0.2, -0.15) is 0 Å². The van der Waals surface area contributed by atoms with E-state index in [-0.39, 0.29) is 23.9 Å². The Balaban J connectivity index is 1.63. The summed E-state index contributed by atoms with van der Waals surface area (Å²) in [6.07, 6.45) is 3.29. The Labute approximate surface area is 130 Å². The van der Waals surface area contributed by atoms with E-state index in [1.54, 1.807) is 23.1 Å². The summed E-state index contributed by atoms with van der Waals surface area (Å²) >= 11 is 0. The van der Waals surface area contributed by atoms with Gasteiger partial charge in [0, 0.05) is 24.6 Å². The van der Waals surface area contributed by atoms with Gasteiger partial charge >= 0.3 is 0 Å². The van der Waals surface area contributed by atoms with E-state index >= 15 is 0 Å². The van der Waals surface area contributed by atoms with E-state index in [4.69, 9.17) is 10.5 Å². The second kappa shape index (κ2) is 6.75. The molecule has 0 radical (unpaired) electrons. The molecular formula is C17H23FN2O2. The average Bonchev–Trinajstić information content (AvgIpc) is 2.93. The normalized spacial score (nSPS) is 28.8. The molecule has 1 unspecified atom stereocenters. The summed E-state index contributed by atoms with van der Waals surface area (Å²) in [5.74, 6) is 0.133. The van der Waals surface area contributed by atoms with Crippen molar-refractivity contribution in [2.45, 2.75) is 37.8 Å². The minimum Gasteiger partial charge on any atom is -0.370 e. The lowest BCUT2D eigenvalue weighted by Gasteiger charge is -2.34. The van der Waals surface area contributed by atoms with Crippen molar-refractivity contribution in [2.24, 2.45) is 11.7 Å². The summed E-state index contributed by atoms with van der Waals surface area (Å²) in [7, 11) is 0. The molecule has 0 bridgehead atoms. The number of morpholine rings is 1. The highest BCUT2D eigenvalue weighted by atomic mass is 19.1. The lowest BCUT2D eigenvalue weighted by atomic mass is 9.99. The van der Waals surface area contributed by atoms with Crippen LogP contribution in [0.1, 0.15) is 37.4 Å². The molecule has 3 atom stereocenters. The lowest BCUT2D eigenvalue weighted by Crippen LogP contribution is -2.43. The molecule has 5 heteroatoms. The van der Waals surface area contributed by atoms with Crippen LogP contribution >= 0.6 is 0 Å². The number of hydrogen-bond acceptors (Lipinski definition) is 3. The van der Waals surface area contributed by atoms with Gasteiger partial charge in [0.2, 0.25) is 5.91 Å². The molecule has 4 nitrogen and oxygen atoms in total. The number of nitrogens with zero attached hydrogens (tertiary/aromatic N) is 1. The van der Waals surface area contributed by atoms with E-state index in [1.807, 2.05) is 0 Å². The second-order valence-electron chi connectivity index (χ2n) is 6.28. The Morgan fingerprint density at radius 1 is 1.36 bits per heavy atom. The van der Waals surface area contributed by atoms with Crippen LogP contribution in [0.5, 0.6) is 0 Å². The van der Waals surface area contributed by atoms with Crippen LogP contribution in [0.2, 0.25) is 0 Å². The third-order valence-corrected chi connectivity index (χ3v) is 4.83. The first-order valence-corrected chi connectivity index (χ1v) is 8.04. The van der Waals surface area contributed by atoms with Crippen molar-refractivity contribution in [3.05, 3.63) is 35.6 Å². The topological polar surface area (TPSA) is 55.6 Å². The van der Waals surface area contributed by atoms with Crippen molar-refractivity contribution in [1.82, 2.24) is 4.90 Å². The molecule has 2 aliphatic rings. The molecule has 1 amide bonds. The van der Waals surface area contributed by atoms with Crippen LogP contribution in [-0.2, 0) is 9.53 Å². The number of carbonyl (C=O) groups excluding carboxylic acids is 1. The first-order chi connectivity index (χ1) is 10.6. The Bertz CT molecular complexity index is 537. The molecule has 120 valence electrons. The van der Waals surface area contributed by atoms with Gasteiger partial charge in [-0.15, -0.1) is 0 Å². The van der Waals surface area contributed by atoms with E-state index < -0.39 is 0 Å². The van der Waals surface area contributed by atoms with Crippen LogP contribution in [0.3, 0.4) is 0 Å². The van der Waals surface area contributed by atoms with Crippen molar-refractivity contribution < 1.29 is 13.9 Å². The van der Waals surface area contributed by atoms with Crippen LogP contribution in [0.4, 0.5) is 4.39 Å². The van der Waals surface area contributed by atoms with Gasteiger partial charge in [0.05, 0.1) is 13.2 Å². The van der Waals surface area contributed by atoms with Crippen molar-refractivity contribution in [1.29, 1.82) is 0 Å². The van der Waals surface area contributed by atoms with Crippen LogP contribution in [0, 0.1) is 11.7 Å². The van der Waals surface area contributed by atoms with E-state index in [0.29, 0.717) is 37.6 Å². The molecule has 1 aliphatic carbocycles. The van der Waals surface area contributed by atoms with Crippen LogP contribution < -0.4 is 5.73 Å². The third kappa shape index (κ3) is 3.31. The smallest absolute Gasteiger partial charge is 0.223 e. The summed E-state index contributed by atoms with van der Waals surface area (Å²) < 4.78 is 19.5. The number of hydrogen-bond donors (Lipinski definition) is 1. The number of nitrogens with two attached hydrogens (primary N) is 1. The molecule has 1 saturated carbocycles. The number of benzene rings is 1. The molecule has 0 aromatic heterocycles. The highest BCUT2D eigenvalue weighted by Gasteiger charge is 2.31. The summed E-state index contributed by atoms with van der Waals surface area (Å²) in [5, 5.41) is 0. The van der Waals surface area contributed by atoms with Crippen LogP contribution in [0.25, 0.3) is 0 Å². The summed E-state index contributed by atoms with van der Waals surface area (Å²) in [5.41, 5.74) is 6.58. The Hall–Kier alpha value is -1.46. The van der Waals surface area contributed by atoms with Gasteiger partial charge in [0.25, 0.3) is 0 Å². The molecule has 1 aromatic carbocycles. The minimum absolute atomic E-state index is 0.118. The number of carbonyl (C=O) groups is 1. The first kappa shape index (κ1) is 15.4. The van der Waals surface area contributed by atoms with Gasteiger partial charge in [-0.25, -0.2) is 4.39 Å². The van der Waals surface area contributed by atoms with Gasteiger partial charge in [0.1, 0.15) is 11.9 Å². The van der Waals surface area contributed by atoms with Crippen LogP contribution in [-0.4, -0.2) is 36.5 Å². The Kier molecular flexibility index (Phi) is 4.74. The Morgan fingerprint density at radius 3 is 2.91 bits per heavy atom. The van der Waals surface area contributed by atoms with Gasteiger partial charge in [0.15, 0.2) is 0 Å².